The average Bonchev–Trinajstić information content (AvgIpc) is 2.83. The van der Waals surface area contributed by atoms with E-state index in [9.17, 15) is 4.79 Å². The van der Waals surface area contributed by atoms with Crippen LogP contribution in [-0.4, -0.2) is 68.4 Å². The number of anilines is 2. The molecule has 1 N–H and O–H groups in total. The molecule has 0 saturated carbocycles. The van der Waals surface area contributed by atoms with Crippen LogP contribution in [0.2, 0.25) is 0 Å². The zero-order chi connectivity index (χ0) is 22.4. The maximum Gasteiger partial charge on any atom is 0.323 e. The van der Waals surface area contributed by atoms with Crippen molar-refractivity contribution in [2.75, 3.05) is 57.7 Å². The summed E-state index contributed by atoms with van der Waals surface area (Å²) >= 11 is 0. The van der Waals surface area contributed by atoms with Crippen molar-refractivity contribution in [2.45, 2.75) is 26.7 Å². The van der Waals surface area contributed by atoms with Gasteiger partial charge in [-0.3, -0.25) is 5.32 Å². The van der Waals surface area contributed by atoms with E-state index in [2.05, 4.69) is 20.2 Å². The first kappa shape index (κ1) is 22.5. The molecule has 1 fully saturated rings. The molecule has 1 aromatic heterocycles. The highest BCUT2D eigenvalue weighted by molar-refractivity contribution is 5.89. The standard InChI is InChI=1S/C22H31N5O4/c1-6-18-19(7-2)24-21(31-5)20(23-18)25-22(28)27-10-8-26(9-11-27)15-12-16(29-3)14-17(13-15)30-4/h12-14H,6-11H2,1-5H3,(H,23,25,28). The Morgan fingerprint density at radius 3 is 2.00 bits per heavy atom. The molecular weight excluding hydrogens is 398 g/mol. The van der Waals surface area contributed by atoms with Gasteiger partial charge in [0.2, 0.25) is 0 Å². The van der Waals surface area contributed by atoms with Crippen molar-refractivity contribution < 1.29 is 19.0 Å². The largest absolute Gasteiger partial charge is 0.497 e. The number of amides is 2. The molecule has 0 unspecified atom stereocenters. The highest BCUT2D eigenvalue weighted by atomic mass is 16.5. The molecule has 1 aliphatic rings. The Morgan fingerprint density at radius 1 is 0.903 bits per heavy atom. The number of hydrogen-bond donors (Lipinski definition) is 1. The highest BCUT2D eigenvalue weighted by Crippen LogP contribution is 2.29. The molecule has 0 radical (unpaired) electrons. The Balaban J connectivity index is 1.67. The molecule has 1 aromatic carbocycles. The van der Waals surface area contributed by atoms with Crippen molar-refractivity contribution in [2.24, 2.45) is 0 Å². The van der Waals surface area contributed by atoms with Gasteiger partial charge >= 0.3 is 6.03 Å². The van der Waals surface area contributed by atoms with E-state index in [1.165, 1.54) is 7.11 Å². The first-order chi connectivity index (χ1) is 15.0. The van der Waals surface area contributed by atoms with Gasteiger partial charge in [0.05, 0.1) is 32.7 Å². The van der Waals surface area contributed by atoms with Gasteiger partial charge in [-0.15, -0.1) is 0 Å². The lowest BCUT2D eigenvalue weighted by molar-refractivity contribution is 0.208. The lowest BCUT2D eigenvalue weighted by atomic mass is 10.2. The summed E-state index contributed by atoms with van der Waals surface area (Å²) in [5, 5.41) is 2.88. The minimum Gasteiger partial charge on any atom is -0.497 e. The monoisotopic (exact) mass is 429 g/mol. The van der Waals surface area contributed by atoms with Crippen LogP contribution in [0.5, 0.6) is 17.4 Å². The second-order valence-electron chi connectivity index (χ2n) is 7.16. The summed E-state index contributed by atoms with van der Waals surface area (Å²) in [4.78, 5) is 25.9. The maximum atomic E-state index is 12.9. The summed E-state index contributed by atoms with van der Waals surface area (Å²) in [6.45, 7) is 6.60. The zero-order valence-electron chi connectivity index (χ0n) is 18.9. The average molecular weight is 430 g/mol. The van der Waals surface area contributed by atoms with E-state index in [1.807, 2.05) is 32.0 Å². The Morgan fingerprint density at radius 2 is 1.48 bits per heavy atom. The van der Waals surface area contributed by atoms with Crippen LogP contribution in [0, 0.1) is 0 Å². The van der Waals surface area contributed by atoms with Gasteiger partial charge in [-0.2, -0.15) is 0 Å². The van der Waals surface area contributed by atoms with E-state index in [0.717, 1.165) is 41.4 Å². The molecule has 0 aliphatic carbocycles. The van der Waals surface area contributed by atoms with Crippen LogP contribution in [0.15, 0.2) is 18.2 Å². The van der Waals surface area contributed by atoms with Crippen LogP contribution >= 0.6 is 0 Å². The first-order valence-corrected chi connectivity index (χ1v) is 10.5. The lowest BCUT2D eigenvalue weighted by Crippen LogP contribution is -2.50. The third-order valence-corrected chi connectivity index (χ3v) is 5.38. The Labute approximate surface area is 183 Å². The molecule has 2 heterocycles. The van der Waals surface area contributed by atoms with Gasteiger partial charge in [0.25, 0.3) is 5.88 Å². The van der Waals surface area contributed by atoms with E-state index in [1.54, 1.807) is 19.1 Å². The van der Waals surface area contributed by atoms with Gasteiger partial charge in [0.1, 0.15) is 11.5 Å². The third kappa shape index (κ3) is 5.10. The topological polar surface area (TPSA) is 89.1 Å². The van der Waals surface area contributed by atoms with Crippen LogP contribution in [0.4, 0.5) is 16.3 Å². The molecule has 0 spiro atoms. The van der Waals surface area contributed by atoms with Crippen molar-refractivity contribution in [3.05, 3.63) is 29.6 Å². The zero-order valence-corrected chi connectivity index (χ0v) is 18.9. The second kappa shape index (κ2) is 10.2. The summed E-state index contributed by atoms with van der Waals surface area (Å²) in [5.41, 5.74) is 2.77. The lowest BCUT2D eigenvalue weighted by Gasteiger charge is -2.36. The van der Waals surface area contributed by atoms with E-state index >= 15 is 0 Å². The first-order valence-electron chi connectivity index (χ1n) is 10.5. The predicted molar refractivity (Wildman–Crippen MR) is 120 cm³/mol. The number of methoxy groups -OCH3 is 3. The van der Waals surface area contributed by atoms with E-state index < -0.39 is 0 Å². The van der Waals surface area contributed by atoms with E-state index in [4.69, 9.17) is 14.2 Å². The Hall–Kier alpha value is -3.23. The fourth-order valence-corrected chi connectivity index (χ4v) is 3.60. The minimum atomic E-state index is -0.207. The smallest absolute Gasteiger partial charge is 0.323 e. The molecule has 0 atom stereocenters. The summed E-state index contributed by atoms with van der Waals surface area (Å²) in [5.74, 6) is 2.18. The number of urea groups is 1. The van der Waals surface area contributed by atoms with Crippen LogP contribution in [0.25, 0.3) is 0 Å². The predicted octanol–water partition coefficient (Wildman–Crippen LogP) is 2.98. The molecule has 1 saturated heterocycles. The number of carbonyl (C=O) groups excluding carboxylic acids is 1. The van der Waals surface area contributed by atoms with Crippen LogP contribution in [0.1, 0.15) is 25.2 Å². The summed E-state index contributed by atoms with van der Waals surface area (Å²) in [6, 6.07) is 5.58. The number of aryl methyl sites for hydroxylation is 2. The van der Waals surface area contributed by atoms with Crippen LogP contribution in [0.3, 0.4) is 0 Å². The number of nitrogens with one attached hydrogen (secondary N) is 1. The molecule has 9 nitrogen and oxygen atoms in total. The molecule has 3 rings (SSSR count). The summed E-state index contributed by atoms with van der Waals surface area (Å²) < 4.78 is 16.1. The second-order valence-corrected chi connectivity index (χ2v) is 7.16. The van der Waals surface area contributed by atoms with Gasteiger partial charge in [-0.05, 0) is 12.8 Å². The fraction of sp³-hybridized carbons (Fsp3) is 0.500. The van der Waals surface area contributed by atoms with Gasteiger partial charge < -0.3 is 24.0 Å². The molecule has 1 aliphatic heterocycles. The molecule has 31 heavy (non-hydrogen) atoms. The summed E-state index contributed by atoms with van der Waals surface area (Å²) in [7, 11) is 4.80. The minimum absolute atomic E-state index is 0.207. The highest BCUT2D eigenvalue weighted by Gasteiger charge is 2.24. The maximum absolute atomic E-state index is 12.9. The number of aromatic nitrogens is 2. The fourth-order valence-electron chi connectivity index (χ4n) is 3.60. The van der Waals surface area contributed by atoms with Crippen molar-refractivity contribution in [1.82, 2.24) is 14.9 Å². The number of rotatable bonds is 7. The van der Waals surface area contributed by atoms with Crippen LogP contribution in [-0.2, 0) is 12.8 Å². The number of ether oxygens (including phenoxy) is 3. The molecule has 0 bridgehead atoms. The van der Waals surface area contributed by atoms with Crippen molar-refractivity contribution in [3.63, 3.8) is 0 Å². The van der Waals surface area contributed by atoms with Crippen molar-refractivity contribution in [3.8, 4) is 17.4 Å². The third-order valence-electron chi connectivity index (χ3n) is 5.38. The van der Waals surface area contributed by atoms with Gasteiger partial charge in [-0.1, -0.05) is 13.8 Å². The summed E-state index contributed by atoms with van der Waals surface area (Å²) in [6.07, 6.45) is 1.50. The van der Waals surface area contributed by atoms with Crippen molar-refractivity contribution in [1.29, 1.82) is 0 Å². The number of piperazine rings is 1. The molecule has 2 amide bonds. The molecular formula is C22H31N5O4. The van der Waals surface area contributed by atoms with Crippen LogP contribution < -0.4 is 24.4 Å². The Kier molecular flexibility index (Phi) is 7.38. The van der Waals surface area contributed by atoms with Crippen molar-refractivity contribution >= 4 is 17.5 Å². The van der Waals surface area contributed by atoms with Gasteiger partial charge in [0.15, 0.2) is 5.82 Å². The SMILES string of the molecule is CCc1nc(NC(=O)N2CCN(c3cc(OC)cc(OC)c3)CC2)c(OC)nc1CC. The molecule has 2 aromatic rings. The number of hydrogen-bond acceptors (Lipinski definition) is 7. The van der Waals surface area contributed by atoms with E-state index in [-0.39, 0.29) is 6.03 Å². The number of nitrogens with zero attached hydrogens (tertiary/aromatic N) is 4. The quantitative estimate of drug-likeness (QED) is 0.724. The Bertz CT molecular complexity index is 891. The van der Waals surface area contributed by atoms with Gasteiger partial charge in [-0.25, -0.2) is 14.8 Å². The van der Waals surface area contributed by atoms with Gasteiger partial charge in [0, 0.05) is 50.1 Å². The molecule has 9 heteroatoms. The normalized spacial score (nSPS) is 13.7. The number of benzene rings is 1. The molecule has 168 valence electrons. The number of carbonyl (C=O) groups is 1. The van der Waals surface area contributed by atoms with E-state index in [0.29, 0.717) is 37.9 Å².